The summed E-state index contributed by atoms with van der Waals surface area (Å²) in [6, 6.07) is 7.23. The molecule has 1 N–H and O–H groups in total. The third-order valence-electron chi connectivity index (χ3n) is 4.13. The van der Waals surface area contributed by atoms with Gasteiger partial charge in [0.1, 0.15) is 0 Å². The summed E-state index contributed by atoms with van der Waals surface area (Å²) >= 11 is 0. The molecule has 0 aromatic heterocycles. The molecule has 0 aliphatic heterocycles. The highest BCUT2D eigenvalue weighted by Gasteiger charge is 2.26. The van der Waals surface area contributed by atoms with Gasteiger partial charge in [-0.25, -0.2) is 12.7 Å². The van der Waals surface area contributed by atoms with Crippen LogP contribution in [0.2, 0.25) is 0 Å². The number of rotatable bonds is 8. The largest absolute Gasteiger partial charge is 0.313 e. The van der Waals surface area contributed by atoms with Crippen LogP contribution < -0.4 is 5.32 Å². The third kappa shape index (κ3) is 4.28. The molecule has 0 spiro atoms. The van der Waals surface area contributed by atoms with Gasteiger partial charge in [0, 0.05) is 20.1 Å². The Morgan fingerprint density at radius 1 is 1.24 bits per heavy atom. The van der Waals surface area contributed by atoms with Gasteiger partial charge in [-0.15, -0.1) is 0 Å². The molecule has 0 radical (unpaired) electrons. The van der Waals surface area contributed by atoms with Crippen molar-refractivity contribution in [1.82, 2.24) is 9.62 Å². The minimum Gasteiger partial charge on any atom is -0.313 e. The van der Waals surface area contributed by atoms with Crippen LogP contribution in [0.25, 0.3) is 0 Å². The van der Waals surface area contributed by atoms with Crippen molar-refractivity contribution in [1.29, 1.82) is 0 Å². The van der Waals surface area contributed by atoms with Crippen molar-refractivity contribution in [3.8, 4) is 0 Å². The van der Waals surface area contributed by atoms with Gasteiger partial charge in [0.05, 0.1) is 4.90 Å². The Morgan fingerprint density at radius 2 is 1.90 bits per heavy atom. The van der Waals surface area contributed by atoms with Gasteiger partial charge < -0.3 is 5.32 Å². The molecule has 0 heterocycles. The van der Waals surface area contributed by atoms with Crippen LogP contribution in [-0.2, 0) is 16.6 Å². The standard InChI is InChI=1S/C16H26N2O2S/c1-3-11-17-12-14-7-9-16(10-8-14)21(19,20)18(2)13-15-5-4-6-15/h7-10,15,17H,3-6,11-13H2,1-2H3. The van der Waals surface area contributed by atoms with Crippen LogP contribution in [-0.4, -0.2) is 32.9 Å². The molecule has 0 amide bonds. The summed E-state index contributed by atoms with van der Waals surface area (Å²) in [5.74, 6) is 0.544. The van der Waals surface area contributed by atoms with Crippen LogP contribution in [0.3, 0.4) is 0 Å². The fourth-order valence-electron chi connectivity index (χ4n) is 2.51. The predicted octanol–water partition coefficient (Wildman–Crippen LogP) is 2.61. The van der Waals surface area contributed by atoms with Crippen LogP contribution in [0.4, 0.5) is 0 Å². The van der Waals surface area contributed by atoms with E-state index in [0.29, 0.717) is 17.4 Å². The summed E-state index contributed by atoms with van der Waals surface area (Å²) in [4.78, 5) is 0.392. The normalized spacial score (nSPS) is 16.1. The fourth-order valence-corrected chi connectivity index (χ4v) is 3.75. The van der Waals surface area contributed by atoms with Gasteiger partial charge in [-0.3, -0.25) is 0 Å². The molecule has 1 aliphatic carbocycles. The molecule has 0 saturated heterocycles. The lowest BCUT2D eigenvalue weighted by atomic mass is 9.86. The topological polar surface area (TPSA) is 49.4 Å². The summed E-state index contributed by atoms with van der Waals surface area (Å²) in [7, 11) is -1.65. The molecule has 4 nitrogen and oxygen atoms in total. The Labute approximate surface area is 128 Å². The highest BCUT2D eigenvalue weighted by atomic mass is 32.2. The SMILES string of the molecule is CCCNCc1ccc(S(=O)(=O)N(C)CC2CCC2)cc1. The van der Waals surface area contributed by atoms with Gasteiger partial charge in [-0.2, -0.15) is 0 Å². The second-order valence-corrected chi connectivity index (χ2v) is 7.95. The Hall–Kier alpha value is -0.910. The second-order valence-electron chi connectivity index (χ2n) is 5.90. The molecule has 5 heteroatoms. The fraction of sp³-hybridized carbons (Fsp3) is 0.625. The summed E-state index contributed by atoms with van der Waals surface area (Å²) in [5, 5.41) is 3.31. The van der Waals surface area contributed by atoms with Crippen LogP contribution in [0.5, 0.6) is 0 Å². The van der Waals surface area contributed by atoms with Crippen LogP contribution in [0.1, 0.15) is 38.2 Å². The van der Waals surface area contributed by atoms with Crippen molar-refractivity contribution in [2.24, 2.45) is 5.92 Å². The minimum atomic E-state index is -3.34. The molecule has 1 aliphatic rings. The van der Waals surface area contributed by atoms with E-state index in [0.717, 1.165) is 37.9 Å². The summed E-state index contributed by atoms with van der Waals surface area (Å²) in [6.45, 7) is 4.53. The monoisotopic (exact) mass is 310 g/mol. The van der Waals surface area contributed by atoms with E-state index in [1.807, 2.05) is 12.1 Å². The zero-order valence-corrected chi connectivity index (χ0v) is 13.8. The highest BCUT2D eigenvalue weighted by Crippen LogP contribution is 2.28. The predicted molar refractivity (Wildman–Crippen MR) is 85.6 cm³/mol. The Kier molecular flexibility index (Phi) is 5.79. The molecule has 1 saturated carbocycles. The van der Waals surface area contributed by atoms with E-state index < -0.39 is 10.0 Å². The van der Waals surface area contributed by atoms with E-state index in [1.165, 1.54) is 10.7 Å². The zero-order valence-electron chi connectivity index (χ0n) is 13.0. The summed E-state index contributed by atoms with van der Waals surface area (Å²) in [5.41, 5.74) is 1.11. The Morgan fingerprint density at radius 3 is 2.43 bits per heavy atom. The number of nitrogens with one attached hydrogen (secondary N) is 1. The molecule has 2 rings (SSSR count). The maximum Gasteiger partial charge on any atom is 0.242 e. The van der Waals surface area contributed by atoms with Crippen LogP contribution in [0.15, 0.2) is 29.2 Å². The number of sulfonamides is 1. The van der Waals surface area contributed by atoms with Gasteiger partial charge in [0.2, 0.25) is 10.0 Å². The van der Waals surface area contributed by atoms with Crippen molar-refractivity contribution in [2.75, 3.05) is 20.1 Å². The first-order valence-corrected chi connectivity index (χ1v) is 9.24. The van der Waals surface area contributed by atoms with Crippen molar-refractivity contribution in [3.05, 3.63) is 29.8 Å². The first-order valence-electron chi connectivity index (χ1n) is 7.80. The lowest BCUT2D eigenvalue weighted by Crippen LogP contribution is -2.34. The molecule has 21 heavy (non-hydrogen) atoms. The molecule has 0 unspecified atom stereocenters. The van der Waals surface area contributed by atoms with Crippen molar-refractivity contribution < 1.29 is 8.42 Å². The number of hydrogen-bond donors (Lipinski definition) is 1. The first-order chi connectivity index (χ1) is 10.0. The quantitative estimate of drug-likeness (QED) is 0.751. The van der Waals surface area contributed by atoms with Gasteiger partial charge >= 0.3 is 0 Å². The van der Waals surface area contributed by atoms with E-state index in [9.17, 15) is 8.42 Å². The van der Waals surface area contributed by atoms with E-state index in [4.69, 9.17) is 0 Å². The number of nitrogens with zero attached hydrogens (tertiary/aromatic N) is 1. The van der Waals surface area contributed by atoms with Crippen molar-refractivity contribution in [2.45, 2.75) is 44.0 Å². The van der Waals surface area contributed by atoms with E-state index in [2.05, 4.69) is 12.2 Å². The summed E-state index contributed by atoms with van der Waals surface area (Å²) in [6.07, 6.45) is 4.64. The van der Waals surface area contributed by atoms with Crippen molar-refractivity contribution >= 4 is 10.0 Å². The smallest absolute Gasteiger partial charge is 0.242 e. The Bertz CT molecular complexity index is 536. The molecule has 0 atom stereocenters. The molecule has 1 aromatic rings. The van der Waals surface area contributed by atoms with E-state index in [-0.39, 0.29) is 0 Å². The lowest BCUT2D eigenvalue weighted by Gasteiger charge is -2.29. The van der Waals surface area contributed by atoms with E-state index >= 15 is 0 Å². The van der Waals surface area contributed by atoms with Gasteiger partial charge in [-0.1, -0.05) is 25.5 Å². The maximum absolute atomic E-state index is 12.5. The van der Waals surface area contributed by atoms with Crippen LogP contribution >= 0.6 is 0 Å². The average Bonchev–Trinajstić information content (AvgIpc) is 2.43. The molecular weight excluding hydrogens is 284 g/mol. The minimum absolute atomic E-state index is 0.392. The molecule has 0 bridgehead atoms. The van der Waals surface area contributed by atoms with Gasteiger partial charge in [0.15, 0.2) is 0 Å². The molecule has 1 fully saturated rings. The first kappa shape index (κ1) is 16.5. The van der Waals surface area contributed by atoms with Crippen LogP contribution in [0, 0.1) is 5.92 Å². The number of benzene rings is 1. The Balaban J connectivity index is 1.98. The second kappa shape index (κ2) is 7.38. The average molecular weight is 310 g/mol. The third-order valence-corrected chi connectivity index (χ3v) is 5.97. The summed E-state index contributed by atoms with van der Waals surface area (Å²) < 4.78 is 26.5. The highest BCUT2D eigenvalue weighted by molar-refractivity contribution is 7.89. The van der Waals surface area contributed by atoms with Gasteiger partial charge in [-0.05, 0) is 49.4 Å². The van der Waals surface area contributed by atoms with Crippen molar-refractivity contribution in [3.63, 3.8) is 0 Å². The molecular formula is C16H26N2O2S. The molecule has 118 valence electrons. The molecule has 1 aromatic carbocycles. The van der Waals surface area contributed by atoms with Gasteiger partial charge in [0.25, 0.3) is 0 Å². The lowest BCUT2D eigenvalue weighted by molar-refractivity contribution is 0.263. The number of hydrogen-bond acceptors (Lipinski definition) is 3. The van der Waals surface area contributed by atoms with E-state index in [1.54, 1.807) is 19.2 Å². The maximum atomic E-state index is 12.5. The zero-order chi connectivity index (χ0) is 15.3.